The van der Waals surface area contributed by atoms with E-state index in [0.29, 0.717) is 18.1 Å². The van der Waals surface area contributed by atoms with Crippen molar-refractivity contribution in [1.82, 2.24) is 0 Å². The second-order valence-corrected chi connectivity index (χ2v) is 4.81. The molecule has 1 saturated heterocycles. The number of para-hydroxylation sites is 1. The van der Waals surface area contributed by atoms with Crippen LogP contribution in [0.2, 0.25) is 0 Å². The zero-order chi connectivity index (χ0) is 13.1. The monoisotopic (exact) mass is 260 g/mol. The second-order valence-electron chi connectivity index (χ2n) is 4.81. The largest absolute Gasteiger partial charge is 0.464 e. The van der Waals surface area contributed by atoms with Gasteiger partial charge in [0.2, 0.25) is 0 Å². The van der Waals surface area contributed by atoms with Crippen LogP contribution in [-0.4, -0.2) is 32.2 Å². The third-order valence-corrected chi connectivity index (χ3v) is 3.39. The first kappa shape index (κ1) is 12.4. The predicted octanol–water partition coefficient (Wildman–Crippen LogP) is 2.67. The molecule has 0 bridgehead atoms. The average Bonchev–Trinajstić information content (AvgIpc) is 3.07. The van der Waals surface area contributed by atoms with Crippen LogP contribution in [0.1, 0.15) is 16.8 Å². The molecule has 0 aliphatic carbocycles. The molecule has 1 unspecified atom stereocenters. The Bertz CT molecular complexity index is 566. The summed E-state index contributed by atoms with van der Waals surface area (Å²) in [5.74, 6) is 0.387. The zero-order valence-electron chi connectivity index (χ0n) is 10.6. The van der Waals surface area contributed by atoms with Crippen molar-refractivity contribution in [3.05, 3.63) is 36.1 Å². The molecule has 1 atom stereocenters. The Morgan fingerprint density at radius 2 is 2.26 bits per heavy atom. The quantitative estimate of drug-likeness (QED) is 0.775. The lowest BCUT2D eigenvalue weighted by Gasteiger charge is -2.07. The van der Waals surface area contributed by atoms with Crippen LogP contribution in [0.3, 0.4) is 0 Å². The molecule has 1 aromatic heterocycles. The number of Topliss-reactive ketones (excluding diaryl/α,β-unsaturated/α-hetero) is 1. The highest BCUT2D eigenvalue weighted by Gasteiger charge is 2.17. The molecule has 4 nitrogen and oxygen atoms in total. The number of carbonyl (C=O) groups excluding carboxylic acids is 1. The summed E-state index contributed by atoms with van der Waals surface area (Å²) in [5, 5.41) is 0.847. The van der Waals surface area contributed by atoms with Crippen LogP contribution in [0, 0.1) is 5.92 Å². The Kier molecular flexibility index (Phi) is 3.62. The Morgan fingerprint density at radius 3 is 3.11 bits per heavy atom. The summed E-state index contributed by atoms with van der Waals surface area (Å²) < 4.78 is 16.1. The van der Waals surface area contributed by atoms with E-state index in [4.69, 9.17) is 13.9 Å². The number of fused-ring (bicyclic) bond motifs is 1. The third-order valence-electron chi connectivity index (χ3n) is 3.39. The van der Waals surface area contributed by atoms with Gasteiger partial charge >= 0.3 is 0 Å². The molecule has 1 aromatic carbocycles. The fraction of sp³-hybridized carbons (Fsp3) is 0.400. The van der Waals surface area contributed by atoms with E-state index >= 15 is 0 Å². The summed E-state index contributed by atoms with van der Waals surface area (Å²) >= 11 is 0. The number of benzene rings is 1. The Hall–Kier alpha value is -1.65. The first-order valence-electron chi connectivity index (χ1n) is 6.49. The predicted molar refractivity (Wildman–Crippen MR) is 70.3 cm³/mol. The molecule has 19 heavy (non-hydrogen) atoms. The highest BCUT2D eigenvalue weighted by atomic mass is 16.5. The van der Waals surface area contributed by atoms with E-state index in [-0.39, 0.29) is 12.4 Å². The molecule has 3 rings (SSSR count). The maximum Gasteiger partial charge on any atom is 0.192 e. The first-order valence-corrected chi connectivity index (χ1v) is 6.49. The summed E-state index contributed by atoms with van der Waals surface area (Å²) in [7, 11) is 0. The average molecular weight is 260 g/mol. The molecule has 0 spiro atoms. The molecule has 1 aliphatic rings. The molecule has 1 fully saturated rings. The van der Waals surface area contributed by atoms with Crippen molar-refractivity contribution < 1.29 is 18.7 Å². The van der Waals surface area contributed by atoms with E-state index in [1.165, 1.54) is 6.26 Å². The fourth-order valence-corrected chi connectivity index (χ4v) is 2.30. The number of ether oxygens (including phenoxy) is 2. The minimum Gasteiger partial charge on any atom is -0.464 e. The highest BCUT2D eigenvalue weighted by molar-refractivity contribution is 6.07. The van der Waals surface area contributed by atoms with Gasteiger partial charge in [-0.15, -0.1) is 0 Å². The van der Waals surface area contributed by atoms with Crippen LogP contribution in [0.4, 0.5) is 0 Å². The molecular formula is C15H16O4. The number of ketones is 1. The van der Waals surface area contributed by atoms with Crippen LogP contribution in [0.5, 0.6) is 0 Å². The molecule has 0 saturated carbocycles. The number of rotatable bonds is 5. The second kappa shape index (κ2) is 5.55. The maximum absolute atomic E-state index is 12.1. The first-order chi connectivity index (χ1) is 9.34. The minimum absolute atomic E-state index is 0.0381. The van der Waals surface area contributed by atoms with Gasteiger partial charge in [-0.05, 0) is 12.5 Å². The van der Waals surface area contributed by atoms with Gasteiger partial charge in [-0.2, -0.15) is 0 Å². The van der Waals surface area contributed by atoms with Crippen LogP contribution in [-0.2, 0) is 9.47 Å². The molecule has 4 heteroatoms. The molecule has 100 valence electrons. The van der Waals surface area contributed by atoms with Crippen LogP contribution >= 0.6 is 0 Å². The number of hydrogen-bond donors (Lipinski definition) is 0. The summed E-state index contributed by atoms with van der Waals surface area (Å²) in [6.45, 7) is 2.22. The molecule has 2 aromatic rings. The topological polar surface area (TPSA) is 48.7 Å². The van der Waals surface area contributed by atoms with Crippen molar-refractivity contribution in [3.8, 4) is 0 Å². The standard InChI is InChI=1S/C15H16O4/c16-14(10-18-8-11-5-6-17-7-11)13-9-19-15-4-2-1-3-12(13)15/h1-4,9,11H,5-8,10H2. The van der Waals surface area contributed by atoms with Crippen LogP contribution in [0.15, 0.2) is 34.9 Å². The molecular weight excluding hydrogens is 244 g/mol. The Labute approximate surface area is 111 Å². The van der Waals surface area contributed by atoms with E-state index in [1.54, 1.807) is 0 Å². The van der Waals surface area contributed by atoms with Gasteiger partial charge in [-0.25, -0.2) is 0 Å². The van der Waals surface area contributed by atoms with Crippen molar-refractivity contribution in [3.63, 3.8) is 0 Å². The van der Waals surface area contributed by atoms with E-state index in [1.807, 2.05) is 24.3 Å². The lowest BCUT2D eigenvalue weighted by Crippen LogP contribution is -2.15. The normalized spacial score (nSPS) is 19.1. The summed E-state index contributed by atoms with van der Waals surface area (Å²) in [6, 6.07) is 7.52. The van der Waals surface area contributed by atoms with Crippen LogP contribution < -0.4 is 0 Å². The lowest BCUT2D eigenvalue weighted by atomic mass is 10.1. The molecule has 2 heterocycles. The van der Waals surface area contributed by atoms with Gasteiger partial charge in [-0.1, -0.05) is 18.2 Å². The van der Waals surface area contributed by atoms with Gasteiger partial charge < -0.3 is 13.9 Å². The molecule has 0 amide bonds. The number of hydrogen-bond acceptors (Lipinski definition) is 4. The molecule has 0 N–H and O–H groups in total. The summed E-state index contributed by atoms with van der Waals surface area (Å²) in [4.78, 5) is 12.1. The number of carbonyl (C=O) groups is 1. The minimum atomic E-state index is -0.0381. The summed E-state index contributed by atoms with van der Waals surface area (Å²) in [5.41, 5.74) is 1.33. The Morgan fingerprint density at radius 1 is 1.37 bits per heavy atom. The van der Waals surface area contributed by atoms with Gasteiger partial charge in [0.1, 0.15) is 18.5 Å². The SMILES string of the molecule is O=C(COCC1CCOC1)c1coc2ccccc12. The van der Waals surface area contributed by atoms with Crippen molar-refractivity contribution >= 4 is 16.8 Å². The van der Waals surface area contributed by atoms with Gasteiger partial charge in [0, 0.05) is 17.9 Å². The Balaban J connectivity index is 1.60. The van der Waals surface area contributed by atoms with Crippen molar-refractivity contribution in [2.45, 2.75) is 6.42 Å². The summed E-state index contributed by atoms with van der Waals surface area (Å²) in [6.07, 6.45) is 2.53. The van der Waals surface area contributed by atoms with Gasteiger partial charge in [0.15, 0.2) is 5.78 Å². The number of furan rings is 1. The highest BCUT2D eigenvalue weighted by Crippen LogP contribution is 2.21. The van der Waals surface area contributed by atoms with E-state index in [0.717, 1.165) is 30.6 Å². The smallest absolute Gasteiger partial charge is 0.192 e. The van der Waals surface area contributed by atoms with Gasteiger partial charge in [0.05, 0.1) is 18.8 Å². The lowest BCUT2D eigenvalue weighted by molar-refractivity contribution is 0.0652. The van der Waals surface area contributed by atoms with E-state index in [2.05, 4.69) is 0 Å². The zero-order valence-corrected chi connectivity index (χ0v) is 10.6. The molecule has 0 radical (unpaired) electrons. The van der Waals surface area contributed by atoms with Crippen molar-refractivity contribution in [1.29, 1.82) is 0 Å². The van der Waals surface area contributed by atoms with Crippen molar-refractivity contribution in [2.75, 3.05) is 26.4 Å². The van der Waals surface area contributed by atoms with E-state index in [9.17, 15) is 4.79 Å². The fourth-order valence-electron chi connectivity index (χ4n) is 2.30. The van der Waals surface area contributed by atoms with Gasteiger partial charge in [-0.3, -0.25) is 4.79 Å². The van der Waals surface area contributed by atoms with E-state index < -0.39 is 0 Å². The molecule has 1 aliphatic heterocycles. The van der Waals surface area contributed by atoms with Crippen LogP contribution in [0.25, 0.3) is 11.0 Å². The third kappa shape index (κ3) is 2.69. The van der Waals surface area contributed by atoms with Crippen molar-refractivity contribution in [2.24, 2.45) is 5.92 Å². The maximum atomic E-state index is 12.1. The van der Waals surface area contributed by atoms with Gasteiger partial charge in [0.25, 0.3) is 0 Å².